The molecule has 7 heteroatoms. The fourth-order valence-corrected chi connectivity index (χ4v) is 2.61. The Kier molecular flexibility index (Phi) is 3.84. The maximum Gasteiger partial charge on any atom is 0.495 e. The number of benzene rings is 2. The lowest BCUT2D eigenvalue weighted by atomic mass is 9.78. The zero-order chi connectivity index (χ0) is 15.9. The second-order valence-electron chi connectivity index (χ2n) is 5.11. The van der Waals surface area contributed by atoms with E-state index in [1.807, 2.05) is 6.07 Å². The molecule has 0 radical (unpaired) electrons. The first-order chi connectivity index (χ1) is 10.5. The minimum atomic E-state index is -1.66. The normalized spacial score (nSPS) is 16.8. The molecule has 2 aromatic carbocycles. The van der Waals surface area contributed by atoms with Crippen LogP contribution < -0.4 is 10.8 Å². The Morgan fingerprint density at radius 3 is 2.50 bits per heavy atom. The number of rotatable bonds is 3. The minimum absolute atomic E-state index is 0.144. The number of hydrogen-bond acceptors (Lipinski definition) is 3. The van der Waals surface area contributed by atoms with Gasteiger partial charge >= 0.3 is 7.12 Å². The van der Waals surface area contributed by atoms with E-state index in [1.54, 1.807) is 24.3 Å². The number of nitrogens with one attached hydrogen (secondary N) is 1. The van der Waals surface area contributed by atoms with Gasteiger partial charge in [0.05, 0.1) is 6.10 Å². The first-order valence-electron chi connectivity index (χ1n) is 6.82. The van der Waals surface area contributed by atoms with E-state index in [2.05, 4.69) is 5.32 Å². The fraction of sp³-hybridized carbons (Fsp3) is 0.200. The van der Waals surface area contributed by atoms with E-state index in [4.69, 9.17) is 4.65 Å². The molecule has 3 nitrogen and oxygen atoms in total. The van der Waals surface area contributed by atoms with Gasteiger partial charge in [0.25, 0.3) is 0 Å². The van der Waals surface area contributed by atoms with Crippen molar-refractivity contribution in [1.82, 2.24) is 0 Å². The van der Waals surface area contributed by atoms with Gasteiger partial charge < -0.3 is 15.0 Å². The summed E-state index contributed by atoms with van der Waals surface area (Å²) in [5, 5.41) is 12.1. The second-order valence-corrected chi connectivity index (χ2v) is 5.11. The highest BCUT2D eigenvalue weighted by atomic mass is 19.2. The molecule has 2 aromatic rings. The summed E-state index contributed by atoms with van der Waals surface area (Å²) in [7, 11) is -1.66. The molecule has 0 amide bonds. The van der Waals surface area contributed by atoms with E-state index in [0.717, 1.165) is 5.56 Å². The molecule has 1 aliphatic heterocycles. The van der Waals surface area contributed by atoms with Gasteiger partial charge in [-0.05, 0) is 12.5 Å². The number of fused-ring (bicyclic) bond motifs is 1. The van der Waals surface area contributed by atoms with Crippen molar-refractivity contribution in [1.29, 1.82) is 0 Å². The molecule has 0 spiro atoms. The third-order valence-electron chi connectivity index (χ3n) is 3.69. The molecule has 1 unspecified atom stereocenters. The Balaban J connectivity index is 1.99. The largest absolute Gasteiger partial charge is 0.495 e. The van der Waals surface area contributed by atoms with Crippen LogP contribution in [0.3, 0.4) is 0 Å². The first-order valence-corrected chi connectivity index (χ1v) is 6.82. The maximum absolute atomic E-state index is 14.5. The second kappa shape index (κ2) is 5.66. The van der Waals surface area contributed by atoms with E-state index >= 15 is 0 Å². The van der Waals surface area contributed by atoms with E-state index in [9.17, 15) is 18.2 Å². The van der Waals surface area contributed by atoms with Gasteiger partial charge in [-0.1, -0.05) is 30.3 Å². The maximum atomic E-state index is 14.5. The summed E-state index contributed by atoms with van der Waals surface area (Å²) in [5.74, 6) is -3.58. The molecule has 2 N–H and O–H groups in total. The van der Waals surface area contributed by atoms with Crippen LogP contribution in [0.15, 0.2) is 30.3 Å². The minimum Gasteiger partial charge on any atom is -0.423 e. The summed E-state index contributed by atoms with van der Waals surface area (Å²) in [6.45, 7) is 1.61. The summed E-state index contributed by atoms with van der Waals surface area (Å²) < 4.78 is 47.6. The van der Waals surface area contributed by atoms with E-state index in [0.29, 0.717) is 0 Å². The molecule has 0 aliphatic carbocycles. The van der Waals surface area contributed by atoms with Crippen LogP contribution in [0, 0.1) is 17.5 Å². The van der Waals surface area contributed by atoms with Crippen molar-refractivity contribution in [3.8, 4) is 0 Å². The van der Waals surface area contributed by atoms with Gasteiger partial charge in [0.15, 0.2) is 17.5 Å². The topological polar surface area (TPSA) is 41.5 Å². The Labute approximate surface area is 125 Å². The molecule has 0 aromatic heterocycles. The quantitative estimate of drug-likeness (QED) is 0.676. The van der Waals surface area contributed by atoms with Crippen LogP contribution in [0.25, 0.3) is 0 Å². The zero-order valence-electron chi connectivity index (χ0n) is 11.7. The third kappa shape index (κ3) is 2.36. The van der Waals surface area contributed by atoms with Crippen LogP contribution in [0.2, 0.25) is 0 Å². The highest BCUT2D eigenvalue weighted by Gasteiger charge is 2.41. The van der Waals surface area contributed by atoms with Crippen molar-refractivity contribution in [2.75, 3.05) is 5.32 Å². The molecular weight excluding hydrogens is 294 g/mol. The van der Waals surface area contributed by atoms with Gasteiger partial charge in [-0.2, -0.15) is 0 Å². The summed E-state index contributed by atoms with van der Waals surface area (Å²) >= 11 is 0. The average molecular weight is 307 g/mol. The predicted octanol–water partition coefficient (Wildman–Crippen LogP) is 2.49. The van der Waals surface area contributed by atoms with Crippen molar-refractivity contribution in [3.63, 3.8) is 0 Å². The SMILES string of the molecule is CC1OB(O)c2c(F)c(F)c(NCc3ccccc3)c(F)c21. The molecule has 0 fully saturated rings. The third-order valence-corrected chi connectivity index (χ3v) is 3.69. The molecule has 1 atom stereocenters. The first kappa shape index (κ1) is 14.9. The zero-order valence-corrected chi connectivity index (χ0v) is 11.7. The molecule has 0 bridgehead atoms. The van der Waals surface area contributed by atoms with Crippen LogP contribution in [0.1, 0.15) is 24.2 Å². The number of anilines is 1. The van der Waals surface area contributed by atoms with Crippen molar-refractivity contribution >= 4 is 18.3 Å². The van der Waals surface area contributed by atoms with E-state index < -0.39 is 41.8 Å². The van der Waals surface area contributed by atoms with Crippen molar-refractivity contribution in [2.24, 2.45) is 0 Å². The average Bonchev–Trinajstić information content (AvgIpc) is 2.81. The summed E-state index contributed by atoms with van der Waals surface area (Å²) in [5.41, 5.74) is -0.370. The fourth-order valence-electron chi connectivity index (χ4n) is 2.61. The molecule has 0 saturated carbocycles. The van der Waals surface area contributed by atoms with Gasteiger partial charge in [0, 0.05) is 17.6 Å². The molecule has 1 heterocycles. The lowest BCUT2D eigenvalue weighted by molar-refractivity contribution is 0.205. The van der Waals surface area contributed by atoms with Crippen molar-refractivity contribution < 1.29 is 22.8 Å². The van der Waals surface area contributed by atoms with Crippen molar-refractivity contribution in [3.05, 3.63) is 58.9 Å². The van der Waals surface area contributed by atoms with Gasteiger partial charge in [0.1, 0.15) is 5.69 Å². The van der Waals surface area contributed by atoms with Crippen LogP contribution in [0.4, 0.5) is 18.9 Å². The standard InChI is InChI=1S/C15H13BF3NO2/c1-8-10-11(16(21)22-8)13(18)14(19)15(12(10)17)20-7-9-5-3-2-4-6-9/h2-6,8,20-21H,7H2,1H3. The highest BCUT2D eigenvalue weighted by Crippen LogP contribution is 2.33. The smallest absolute Gasteiger partial charge is 0.423 e. The molecule has 22 heavy (non-hydrogen) atoms. The van der Waals surface area contributed by atoms with Gasteiger partial charge in [-0.15, -0.1) is 0 Å². The Morgan fingerprint density at radius 1 is 1.14 bits per heavy atom. The highest BCUT2D eigenvalue weighted by molar-refractivity contribution is 6.61. The van der Waals surface area contributed by atoms with Gasteiger partial charge in [-0.3, -0.25) is 0 Å². The number of halogens is 3. The lowest BCUT2D eigenvalue weighted by Crippen LogP contribution is -2.33. The molecule has 114 valence electrons. The Morgan fingerprint density at radius 2 is 1.82 bits per heavy atom. The molecular formula is C15H13BF3NO2. The Hall–Kier alpha value is -1.99. The van der Waals surface area contributed by atoms with Gasteiger partial charge in [-0.25, -0.2) is 13.2 Å². The predicted molar refractivity (Wildman–Crippen MR) is 77.2 cm³/mol. The van der Waals surface area contributed by atoms with Crippen LogP contribution in [0.5, 0.6) is 0 Å². The van der Waals surface area contributed by atoms with Crippen LogP contribution in [-0.4, -0.2) is 12.1 Å². The molecule has 1 aliphatic rings. The molecule has 0 saturated heterocycles. The van der Waals surface area contributed by atoms with E-state index in [1.165, 1.54) is 6.92 Å². The molecule has 3 rings (SSSR count). The monoisotopic (exact) mass is 307 g/mol. The Bertz CT molecular complexity index is 712. The summed E-state index contributed by atoms with van der Waals surface area (Å²) in [6, 6.07) is 8.96. The van der Waals surface area contributed by atoms with Crippen molar-refractivity contribution in [2.45, 2.75) is 19.6 Å². The lowest BCUT2D eigenvalue weighted by Gasteiger charge is -2.14. The van der Waals surface area contributed by atoms with Crippen LogP contribution >= 0.6 is 0 Å². The number of hydrogen-bond donors (Lipinski definition) is 2. The summed E-state index contributed by atoms with van der Waals surface area (Å²) in [6.07, 6.45) is -0.850. The van der Waals surface area contributed by atoms with E-state index in [-0.39, 0.29) is 12.1 Å². The van der Waals surface area contributed by atoms with Crippen LogP contribution in [-0.2, 0) is 11.2 Å². The van der Waals surface area contributed by atoms with Gasteiger partial charge in [0.2, 0.25) is 0 Å². The summed E-state index contributed by atoms with van der Waals surface area (Å²) in [4.78, 5) is 0.